The van der Waals surface area contributed by atoms with E-state index in [0.29, 0.717) is 11.8 Å². The molecule has 0 radical (unpaired) electrons. The Balaban J connectivity index is 1.45. The van der Waals surface area contributed by atoms with E-state index in [0.717, 1.165) is 49.2 Å². The van der Waals surface area contributed by atoms with E-state index in [-0.39, 0.29) is 11.3 Å². The summed E-state index contributed by atoms with van der Waals surface area (Å²) < 4.78 is 32.4. The number of sulfonamides is 1. The van der Waals surface area contributed by atoms with Crippen LogP contribution in [0.3, 0.4) is 0 Å². The van der Waals surface area contributed by atoms with Gasteiger partial charge in [0.05, 0.1) is 11.4 Å². The Bertz CT molecular complexity index is 836. The second-order valence-electron chi connectivity index (χ2n) is 7.66. The van der Waals surface area contributed by atoms with Crippen LogP contribution in [-0.2, 0) is 10.0 Å². The van der Waals surface area contributed by atoms with Crippen molar-refractivity contribution in [3.8, 4) is 11.5 Å². The maximum Gasteiger partial charge on any atom is 0.226 e. The van der Waals surface area contributed by atoms with Crippen molar-refractivity contribution in [3.05, 3.63) is 36.2 Å². The first-order chi connectivity index (χ1) is 12.8. The van der Waals surface area contributed by atoms with E-state index in [1.54, 1.807) is 20.0 Å². The van der Waals surface area contributed by atoms with Crippen molar-refractivity contribution >= 4 is 15.7 Å². The van der Waals surface area contributed by atoms with Crippen molar-refractivity contribution in [1.29, 1.82) is 0 Å². The average molecular weight is 392 g/mol. The highest BCUT2D eigenvalue weighted by atomic mass is 32.2. The number of rotatable bonds is 7. The minimum atomic E-state index is -3.17. The molecule has 6 nitrogen and oxygen atoms in total. The highest BCUT2D eigenvalue weighted by Gasteiger charge is 2.26. The molecule has 1 fully saturated rings. The largest absolute Gasteiger partial charge is 0.441 e. The molecule has 1 aromatic carbocycles. The normalized spacial score (nSPS) is 20.7. The van der Waals surface area contributed by atoms with Crippen LogP contribution >= 0.6 is 0 Å². The molecule has 148 valence electrons. The van der Waals surface area contributed by atoms with Gasteiger partial charge in [-0.05, 0) is 76.6 Å². The maximum absolute atomic E-state index is 12.0. The van der Waals surface area contributed by atoms with Crippen molar-refractivity contribution in [2.45, 2.75) is 57.7 Å². The standard InChI is InChI=1S/C20H29N3O3S/c1-14(2)27(24,25)23-19-8-4-16(5-9-19)13-21-18-10-6-17(7-11-18)20-22-12-15(3)26-20/h6-7,10-12,14,16,19,21,23H,4-5,8-9,13H2,1-3H3/t16-,19-. The van der Waals surface area contributed by atoms with Crippen LogP contribution in [0.2, 0.25) is 0 Å². The van der Waals surface area contributed by atoms with E-state index in [9.17, 15) is 8.42 Å². The summed E-state index contributed by atoms with van der Waals surface area (Å²) in [6.45, 7) is 6.22. The molecule has 7 heteroatoms. The smallest absolute Gasteiger partial charge is 0.226 e. The van der Waals surface area contributed by atoms with E-state index in [1.807, 2.05) is 31.2 Å². The van der Waals surface area contributed by atoms with E-state index in [4.69, 9.17) is 4.42 Å². The lowest BCUT2D eigenvalue weighted by molar-refractivity contribution is 0.323. The Labute approximate surface area is 161 Å². The van der Waals surface area contributed by atoms with Crippen molar-refractivity contribution in [2.24, 2.45) is 5.92 Å². The molecule has 3 rings (SSSR count). The summed E-state index contributed by atoms with van der Waals surface area (Å²) in [5.41, 5.74) is 2.04. The van der Waals surface area contributed by atoms with Crippen LogP contribution < -0.4 is 10.0 Å². The number of nitrogens with one attached hydrogen (secondary N) is 2. The first kappa shape index (κ1) is 19.9. The Morgan fingerprint density at radius 3 is 2.37 bits per heavy atom. The quantitative estimate of drug-likeness (QED) is 0.747. The third-order valence-electron chi connectivity index (χ3n) is 5.15. The van der Waals surface area contributed by atoms with Crippen LogP contribution in [0.5, 0.6) is 0 Å². The molecular weight excluding hydrogens is 362 g/mol. The third kappa shape index (κ3) is 5.32. The molecule has 2 N–H and O–H groups in total. The number of aromatic nitrogens is 1. The maximum atomic E-state index is 12.0. The molecular formula is C20H29N3O3S. The Morgan fingerprint density at radius 1 is 1.15 bits per heavy atom. The van der Waals surface area contributed by atoms with Gasteiger partial charge in [0.15, 0.2) is 0 Å². The van der Waals surface area contributed by atoms with Crippen molar-refractivity contribution < 1.29 is 12.8 Å². The second kappa shape index (κ2) is 8.44. The lowest BCUT2D eigenvalue weighted by Gasteiger charge is -2.29. The summed E-state index contributed by atoms with van der Waals surface area (Å²) in [7, 11) is -3.17. The highest BCUT2D eigenvalue weighted by Crippen LogP contribution is 2.26. The number of hydrogen-bond donors (Lipinski definition) is 2. The molecule has 1 aromatic heterocycles. The lowest BCUT2D eigenvalue weighted by atomic mass is 9.86. The zero-order valence-electron chi connectivity index (χ0n) is 16.2. The molecule has 1 saturated carbocycles. The van der Waals surface area contributed by atoms with Crippen LogP contribution in [0, 0.1) is 12.8 Å². The fourth-order valence-corrected chi connectivity index (χ4v) is 4.31. The first-order valence-electron chi connectivity index (χ1n) is 9.61. The van der Waals surface area contributed by atoms with Gasteiger partial charge in [-0.25, -0.2) is 18.1 Å². The summed E-state index contributed by atoms with van der Waals surface area (Å²) in [6, 6.07) is 8.17. The van der Waals surface area contributed by atoms with E-state index in [1.165, 1.54) is 0 Å². The molecule has 0 amide bonds. The van der Waals surface area contributed by atoms with Gasteiger partial charge in [-0.3, -0.25) is 0 Å². The molecule has 0 bridgehead atoms. The Kier molecular flexibility index (Phi) is 6.22. The number of anilines is 1. The molecule has 2 aromatic rings. The minimum Gasteiger partial charge on any atom is -0.441 e. The zero-order valence-corrected chi connectivity index (χ0v) is 17.1. The minimum absolute atomic E-state index is 0.0807. The molecule has 0 unspecified atom stereocenters. The third-order valence-corrected chi connectivity index (χ3v) is 7.05. The van der Waals surface area contributed by atoms with Crippen molar-refractivity contribution in [2.75, 3.05) is 11.9 Å². The summed E-state index contributed by atoms with van der Waals surface area (Å²) in [5, 5.41) is 3.12. The van der Waals surface area contributed by atoms with Gasteiger partial charge in [-0.1, -0.05) is 0 Å². The van der Waals surface area contributed by atoms with Crippen LogP contribution in [0.15, 0.2) is 34.9 Å². The molecule has 27 heavy (non-hydrogen) atoms. The van der Waals surface area contributed by atoms with Crippen LogP contribution in [-0.4, -0.2) is 31.2 Å². The summed E-state index contributed by atoms with van der Waals surface area (Å²) in [6.07, 6.45) is 5.60. The van der Waals surface area contributed by atoms with Crippen LogP contribution in [0.4, 0.5) is 5.69 Å². The molecule has 0 aliphatic heterocycles. The SMILES string of the molecule is Cc1cnc(-c2ccc(NC[C@H]3CC[C@H](NS(=O)(=O)C(C)C)CC3)cc2)o1. The first-order valence-corrected chi connectivity index (χ1v) is 11.2. The number of nitrogens with zero attached hydrogens (tertiary/aromatic N) is 1. The number of aryl methyl sites for hydroxylation is 1. The molecule has 1 aliphatic carbocycles. The Morgan fingerprint density at radius 2 is 1.81 bits per heavy atom. The van der Waals surface area contributed by atoms with Gasteiger partial charge < -0.3 is 9.73 Å². The number of oxazole rings is 1. The van der Waals surface area contributed by atoms with Gasteiger partial charge in [0, 0.05) is 23.8 Å². The number of benzene rings is 1. The van der Waals surface area contributed by atoms with Gasteiger partial charge in [0.2, 0.25) is 15.9 Å². The fourth-order valence-electron chi connectivity index (χ4n) is 3.33. The van der Waals surface area contributed by atoms with Crippen molar-refractivity contribution in [1.82, 2.24) is 9.71 Å². The molecule has 0 spiro atoms. The Hall–Kier alpha value is -1.86. The van der Waals surface area contributed by atoms with E-state index in [2.05, 4.69) is 15.0 Å². The van der Waals surface area contributed by atoms with Gasteiger partial charge in [-0.2, -0.15) is 0 Å². The topological polar surface area (TPSA) is 84.2 Å². The predicted octanol–water partition coefficient (Wildman–Crippen LogP) is 3.95. The second-order valence-corrected chi connectivity index (χ2v) is 9.93. The van der Waals surface area contributed by atoms with Crippen LogP contribution in [0.25, 0.3) is 11.5 Å². The summed E-state index contributed by atoms with van der Waals surface area (Å²) >= 11 is 0. The lowest BCUT2D eigenvalue weighted by Crippen LogP contribution is -2.41. The van der Waals surface area contributed by atoms with Gasteiger partial charge in [-0.15, -0.1) is 0 Å². The van der Waals surface area contributed by atoms with Crippen molar-refractivity contribution in [3.63, 3.8) is 0 Å². The van der Waals surface area contributed by atoms with Gasteiger partial charge >= 0.3 is 0 Å². The summed E-state index contributed by atoms with van der Waals surface area (Å²) in [5.74, 6) is 2.01. The van der Waals surface area contributed by atoms with E-state index < -0.39 is 10.0 Å². The monoisotopic (exact) mass is 391 g/mol. The van der Waals surface area contributed by atoms with E-state index >= 15 is 0 Å². The van der Waals surface area contributed by atoms with Crippen LogP contribution in [0.1, 0.15) is 45.3 Å². The van der Waals surface area contributed by atoms with Gasteiger partial charge in [0.25, 0.3) is 0 Å². The number of hydrogen-bond acceptors (Lipinski definition) is 5. The van der Waals surface area contributed by atoms with Gasteiger partial charge in [0.1, 0.15) is 5.76 Å². The molecule has 1 heterocycles. The highest BCUT2D eigenvalue weighted by molar-refractivity contribution is 7.90. The summed E-state index contributed by atoms with van der Waals surface area (Å²) in [4.78, 5) is 4.24. The molecule has 0 saturated heterocycles. The fraction of sp³-hybridized carbons (Fsp3) is 0.550. The molecule has 0 atom stereocenters. The zero-order chi connectivity index (χ0) is 19.4. The average Bonchev–Trinajstić information content (AvgIpc) is 3.07. The molecule has 1 aliphatic rings. The predicted molar refractivity (Wildman–Crippen MR) is 108 cm³/mol.